The number of benzene rings is 1. The van der Waals surface area contributed by atoms with Crippen LogP contribution in [0.3, 0.4) is 0 Å². The average Bonchev–Trinajstić information content (AvgIpc) is 3.41. The van der Waals surface area contributed by atoms with Crippen molar-refractivity contribution in [2.24, 2.45) is 0 Å². The Morgan fingerprint density at radius 3 is 2.42 bits per heavy atom. The molecule has 1 aliphatic heterocycles. The largest absolute Gasteiger partial charge is 0.459 e. The third kappa shape index (κ3) is 4.11. The molecule has 0 bridgehead atoms. The van der Waals surface area contributed by atoms with Gasteiger partial charge in [-0.3, -0.25) is 9.97 Å². The van der Waals surface area contributed by atoms with E-state index in [9.17, 15) is 0 Å². The normalized spacial score (nSPS) is 18.2. The molecule has 1 fully saturated rings. The second kappa shape index (κ2) is 8.61. The lowest BCUT2D eigenvalue weighted by Gasteiger charge is -2.25. The zero-order valence-corrected chi connectivity index (χ0v) is 18.9. The zero-order chi connectivity index (χ0) is 21.2. The summed E-state index contributed by atoms with van der Waals surface area (Å²) < 4.78 is 7.39. The van der Waals surface area contributed by atoms with E-state index in [-0.39, 0.29) is 12.1 Å². The molecular weight excluding hydrogens is 472 g/mol. The molecule has 0 unspecified atom stereocenters. The Morgan fingerprint density at radius 2 is 1.71 bits per heavy atom. The average molecular weight is 491 g/mol. The van der Waals surface area contributed by atoms with Crippen LogP contribution in [0.5, 0.6) is 0 Å². The first-order valence-electron chi connectivity index (χ1n) is 9.93. The topological polar surface area (TPSA) is 54.2 Å². The maximum absolute atomic E-state index is 6.36. The van der Waals surface area contributed by atoms with Crippen molar-refractivity contribution in [1.82, 2.24) is 20.2 Å². The molecule has 7 heteroatoms. The highest BCUT2D eigenvalue weighted by atomic mass is 79.9. The Bertz CT molecular complexity index is 1180. The molecule has 0 radical (unpaired) electrons. The van der Waals surface area contributed by atoms with Crippen LogP contribution in [0.25, 0.3) is 11.3 Å². The second-order valence-corrected chi connectivity index (χ2v) is 8.59. The number of rotatable bonds is 5. The molecule has 3 aromatic heterocycles. The van der Waals surface area contributed by atoms with Crippen LogP contribution in [0.15, 0.2) is 94.1 Å². The smallest absolute Gasteiger partial charge is 0.170 e. The molecule has 0 aliphatic carbocycles. The predicted molar refractivity (Wildman–Crippen MR) is 127 cm³/mol. The van der Waals surface area contributed by atoms with Crippen molar-refractivity contribution in [1.29, 1.82) is 0 Å². The molecule has 1 aromatic carbocycles. The van der Waals surface area contributed by atoms with Gasteiger partial charge >= 0.3 is 0 Å². The Balaban J connectivity index is 1.53. The van der Waals surface area contributed by atoms with Gasteiger partial charge in [0.15, 0.2) is 5.11 Å². The number of hydrogen-bond donors (Lipinski definition) is 1. The maximum atomic E-state index is 6.36. The lowest BCUT2D eigenvalue weighted by atomic mass is 10.0. The molecule has 154 valence electrons. The van der Waals surface area contributed by atoms with Crippen molar-refractivity contribution in [2.75, 3.05) is 0 Å². The first-order valence-corrected chi connectivity index (χ1v) is 11.1. The van der Waals surface area contributed by atoms with E-state index in [1.54, 1.807) is 12.4 Å². The first kappa shape index (κ1) is 19.9. The van der Waals surface area contributed by atoms with E-state index in [0.717, 1.165) is 32.9 Å². The number of aromatic nitrogens is 2. The first-order chi connectivity index (χ1) is 15.2. The van der Waals surface area contributed by atoms with Gasteiger partial charge in [-0.05, 0) is 60.7 Å². The number of nitrogens with one attached hydrogen (secondary N) is 1. The van der Waals surface area contributed by atoms with Crippen LogP contribution in [0.2, 0.25) is 0 Å². The third-order valence-corrected chi connectivity index (χ3v) is 6.18. The fourth-order valence-corrected chi connectivity index (χ4v) is 4.40. The highest BCUT2D eigenvalue weighted by Crippen LogP contribution is 2.41. The molecule has 1 saturated heterocycles. The molecule has 4 aromatic rings. The van der Waals surface area contributed by atoms with Crippen molar-refractivity contribution in [2.45, 2.75) is 18.6 Å². The summed E-state index contributed by atoms with van der Waals surface area (Å²) >= 11 is 9.20. The fraction of sp³-hybridized carbons (Fsp3) is 0.125. The van der Waals surface area contributed by atoms with Gasteiger partial charge in [0.25, 0.3) is 0 Å². The van der Waals surface area contributed by atoms with E-state index in [1.807, 2.05) is 72.8 Å². The van der Waals surface area contributed by atoms with Crippen LogP contribution in [0.4, 0.5) is 0 Å². The lowest BCUT2D eigenvalue weighted by molar-refractivity contribution is 0.267. The van der Waals surface area contributed by atoms with Gasteiger partial charge in [0.1, 0.15) is 17.6 Å². The summed E-state index contributed by atoms with van der Waals surface area (Å²) in [5.41, 5.74) is 2.88. The van der Waals surface area contributed by atoms with Gasteiger partial charge in [0.05, 0.1) is 24.0 Å². The summed E-state index contributed by atoms with van der Waals surface area (Å²) in [5, 5.41) is 4.11. The molecule has 1 N–H and O–H groups in total. The summed E-state index contributed by atoms with van der Waals surface area (Å²) in [4.78, 5) is 11.2. The number of nitrogens with zero attached hydrogens (tertiary/aromatic N) is 3. The summed E-state index contributed by atoms with van der Waals surface area (Å²) in [6.07, 6.45) is 3.60. The van der Waals surface area contributed by atoms with Crippen molar-refractivity contribution < 1.29 is 4.42 Å². The number of halogens is 1. The molecule has 0 saturated carbocycles. The number of pyridine rings is 2. The Morgan fingerprint density at radius 1 is 0.935 bits per heavy atom. The third-order valence-electron chi connectivity index (χ3n) is 5.30. The quantitative estimate of drug-likeness (QED) is 0.363. The molecule has 5 rings (SSSR count). The molecule has 4 heterocycles. The van der Waals surface area contributed by atoms with Crippen molar-refractivity contribution >= 4 is 33.3 Å². The van der Waals surface area contributed by atoms with E-state index in [4.69, 9.17) is 16.6 Å². The zero-order valence-electron chi connectivity index (χ0n) is 16.5. The number of thiocarbonyl (C=S) groups is 1. The van der Waals surface area contributed by atoms with Crippen LogP contribution in [-0.2, 0) is 6.54 Å². The van der Waals surface area contributed by atoms with Gasteiger partial charge in [-0.15, -0.1) is 0 Å². The van der Waals surface area contributed by atoms with Gasteiger partial charge in [-0.1, -0.05) is 40.2 Å². The fourth-order valence-electron chi connectivity index (χ4n) is 3.83. The number of furan rings is 1. The van der Waals surface area contributed by atoms with Gasteiger partial charge in [-0.25, -0.2) is 0 Å². The van der Waals surface area contributed by atoms with E-state index in [1.165, 1.54) is 0 Å². The maximum Gasteiger partial charge on any atom is 0.170 e. The van der Waals surface area contributed by atoms with Gasteiger partial charge in [0, 0.05) is 22.4 Å². The van der Waals surface area contributed by atoms with Crippen molar-refractivity contribution in [3.63, 3.8) is 0 Å². The second-order valence-electron chi connectivity index (χ2n) is 7.28. The highest BCUT2D eigenvalue weighted by molar-refractivity contribution is 9.10. The number of hydrogen-bond acceptors (Lipinski definition) is 4. The summed E-state index contributed by atoms with van der Waals surface area (Å²) in [7, 11) is 0. The van der Waals surface area contributed by atoms with Crippen LogP contribution in [0.1, 0.15) is 29.2 Å². The summed E-state index contributed by atoms with van der Waals surface area (Å²) in [6.45, 7) is 0.578. The van der Waals surface area contributed by atoms with E-state index >= 15 is 0 Å². The van der Waals surface area contributed by atoms with E-state index in [2.05, 4.69) is 36.1 Å². The van der Waals surface area contributed by atoms with Gasteiger partial charge in [-0.2, -0.15) is 0 Å². The molecule has 0 amide bonds. The monoisotopic (exact) mass is 490 g/mol. The minimum atomic E-state index is -0.145. The predicted octanol–water partition coefficient (Wildman–Crippen LogP) is 5.67. The van der Waals surface area contributed by atoms with Crippen LogP contribution >= 0.6 is 28.1 Å². The Kier molecular flexibility index (Phi) is 5.53. The summed E-state index contributed by atoms with van der Waals surface area (Å²) in [5.74, 6) is 1.65. The van der Waals surface area contributed by atoms with E-state index in [0.29, 0.717) is 11.7 Å². The molecule has 31 heavy (non-hydrogen) atoms. The minimum Gasteiger partial charge on any atom is -0.459 e. The summed E-state index contributed by atoms with van der Waals surface area (Å²) in [6, 6.07) is 23.7. The Labute approximate surface area is 194 Å². The van der Waals surface area contributed by atoms with Crippen molar-refractivity contribution in [3.8, 4) is 11.3 Å². The minimum absolute atomic E-state index is 0.124. The SMILES string of the molecule is S=C1N[C@@H](c2ccccn2)[C@H](c2ccc(-c3ccc(Br)cc3)o2)N1Cc1ccccn1. The molecule has 1 aliphatic rings. The molecule has 5 nitrogen and oxygen atoms in total. The van der Waals surface area contributed by atoms with Crippen LogP contribution < -0.4 is 5.32 Å². The highest BCUT2D eigenvalue weighted by Gasteiger charge is 2.41. The lowest BCUT2D eigenvalue weighted by Crippen LogP contribution is -2.29. The molecule has 0 spiro atoms. The van der Waals surface area contributed by atoms with Crippen LogP contribution in [0, 0.1) is 0 Å². The Hall–Kier alpha value is -3.03. The van der Waals surface area contributed by atoms with E-state index < -0.39 is 0 Å². The van der Waals surface area contributed by atoms with Crippen LogP contribution in [-0.4, -0.2) is 20.0 Å². The molecule has 2 atom stereocenters. The standard InChI is InChI=1S/C24H19BrN4OS/c25-17-9-7-16(8-10-17)20-11-12-21(30-20)23-22(19-6-2-4-14-27-19)28-24(31)29(23)15-18-5-1-3-13-26-18/h1-14,22-23H,15H2,(H,28,31)/t22-,23-/m0/s1. The van der Waals surface area contributed by atoms with Crippen molar-refractivity contribution in [3.05, 3.63) is 107 Å². The van der Waals surface area contributed by atoms with Gasteiger partial charge in [0.2, 0.25) is 0 Å². The van der Waals surface area contributed by atoms with Gasteiger partial charge < -0.3 is 14.6 Å². The molecular formula is C24H19BrN4OS.